The number of ether oxygens (including phenoxy) is 2. The summed E-state index contributed by atoms with van der Waals surface area (Å²) >= 11 is 0. The van der Waals surface area contributed by atoms with Crippen LogP contribution in [-0.2, 0) is 9.53 Å². The van der Waals surface area contributed by atoms with Gasteiger partial charge in [-0.3, -0.25) is 9.59 Å². The van der Waals surface area contributed by atoms with Crippen molar-refractivity contribution in [3.63, 3.8) is 0 Å². The molecular formula is C22H21F2N5O5. The summed E-state index contributed by atoms with van der Waals surface area (Å²) in [4.78, 5) is 28.2. The van der Waals surface area contributed by atoms with Gasteiger partial charge >= 0.3 is 23.8 Å². The number of amides is 1. The zero-order valence-electron chi connectivity index (χ0n) is 18.1. The lowest BCUT2D eigenvalue weighted by Crippen LogP contribution is -2.28. The summed E-state index contributed by atoms with van der Waals surface area (Å²) < 4.78 is 42.2. The van der Waals surface area contributed by atoms with E-state index in [2.05, 4.69) is 25.8 Å². The summed E-state index contributed by atoms with van der Waals surface area (Å²) in [6, 6.07) is 6.19. The molecule has 12 heteroatoms. The molecule has 1 aliphatic rings. The number of rotatable bonds is 7. The van der Waals surface area contributed by atoms with Gasteiger partial charge in [-0.25, -0.2) is 13.8 Å². The summed E-state index contributed by atoms with van der Waals surface area (Å²) in [5.74, 6) is -2.94. The Morgan fingerprint density at radius 2 is 1.79 bits per heavy atom. The van der Waals surface area contributed by atoms with Gasteiger partial charge in [0.25, 0.3) is 0 Å². The van der Waals surface area contributed by atoms with E-state index in [0.717, 1.165) is 25.0 Å². The van der Waals surface area contributed by atoms with Crippen LogP contribution in [0.2, 0.25) is 0 Å². The number of esters is 1. The Hall–Kier alpha value is -4.09. The predicted molar refractivity (Wildman–Crippen MR) is 115 cm³/mol. The average Bonchev–Trinajstić information content (AvgIpc) is 3.31. The number of carbonyl (C=O) groups is 2. The van der Waals surface area contributed by atoms with Crippen molar-refractivity contribution in [2.24, 2.45) is 5.92 Å². The summed E-state index contributed by atoms with van der Waals surface area (Å²) in [6.07, 6.45) is 4.21. The van der Waals surface area contributed by atoms with Crippen molar-refractivity contribution in [1.29, 1.82) is 0 Å². The molecule has 3 aromatic rings. The van der Waals surface area contributed by atoms with Crippen LogP contribution >= 0.6 is 0 Å². The first-order valence-electron chi connectivity index (χ1n) is 10.5. The largest absolute Gasteiger partial charge is 0.474 e. The number of halogens is 2. The number of anilines is 3. The van der Waals surface area contributed by atoms with E-state index in [-0.39, 0.29) is 35.6 Å². The summed E-state index contributed by atoms with van der Waals surface area (Å²) in [5.41, 5.74) is 0.549. The van der Waals surface area contributed by atoms with Gasteiger partial charge in [-0.15, -0.1) is 5.10 Å². The molecule has 1 amide bonds. The van der Waals surface area contributed by atoms with E-state index in [4.69, 9.17) is 13.9 Å². The van der Waals surface area contributed by atoms with Gasteiger partial charge in [0, 0.05) is 17.8 Å². The molecular weight excluding hydrogens is 452 g/mol. The maximum absolute atomic E-state index is 13.3. The summed E-state index contributed by atoms with van der Waals surface area (Å²) in [6.45, 7) is 0. The van der Waals surface area contributed by atoms with Gasteiger partial charge in [0.2, 0.25) is 5.88 Å². The normalized spacial score (nSPS) is 17.6. The molecule has 1 fully saturated rings. The zero-order valence-corrected chi connectivity index (χ0v) is 18.1. The molecule has 1 saturated carbocycles. The number of nitrogens with one attached hydrogen (secondary N) is 2. The molecule has 2 heterocycles. The van der Waals surface area contributed by atoms with Crippen LogP contribution in [0, 0.1) is 17.6 Å². The second-order valence-electron chi connectivity index (χ2n) is 7.62. The number of benzene rings is 1. The van der Waals surface area contributed by atoms with Crippen LogP contribution in [-0.4, -0.2) is 40.3 Å². The Labute approximate surface area is 192 Å². The number of methoxy groups -OCH3 is 1. The molecule has 0 unspecified atom stereocenters. The first kappa shape index (κ1) is 23.1. The highest BCUT2D eigenvalue weighted by atomic mass is 19.2. The van der Waals surface area contributed by atoms with Crippen LogP contribution in [0.3, 0.4) is 0 Å². The molecule has 0 radical (unpaired) electrons. The van der Waals surface area contributed by atoms with Crippen LogP contribution in [0.4, 0.5) is 26.2 Å². The fourth-order valence-corrected chi connectivity index (χ4v) is 3.53. The molecule has 10 nitrogen and oxygen atoms in total. The molecule has 34 heavy (non-hydrogen) atoms. The minimum Gasteiger partial charge on any atom is -0.474 e. The molecule has 2 N–H and O–H groups in total. The van der Waals surface area contributed by atoms with Crippen molar-refractivity contribution in [2.75, 3.05) is 17.7 Å². The van der Waals surface area contributed by atoms with Gasteiger partial charge in [-0.05, 0) is 43.9 Å². The molecule has 1 aromatic carbocycles. The first-order chi connectivity index (χ1) is 16.4. The first-order valence-corrected chi connectivity index (χ1v) is 10.5. The van der Waals surface area contributed by atoms with E-state index in [0.29, 0.717) is 24.4 Å². The smallest absolute Gasteiger partial charge is 0.320 e. The third-order valence-corrected chi connectivity index (χ3v) is 5.28. The highest BCUT2D eigenvalue weighted by molar-refractivity contribution is 6.00. The van der Waals surface area contributed by atoms with Crippen molar-refractivity contribution in [1.82, 2.24) is 15.2 Å². The highest BCUT2D eigenvalue weighted by Gasteiger charge is 2.28. The van der Waals surface area contributed by atoms with Crippen LogP contribution in [0.25, 0.3) is 0 Å². The molecule has 0 bridgehead atoms. The average molecular weight is 473 g/mol. The molecule has 1 aliphatic carbocycles. The van der Waals surface area contributed by atoms with E-state index in [1.807, 2.05) is 0 Å². The second kappa shape index (κ2) is 10.2. The van der Waals surface area contributed by atoms with E-state index in [1.165, 1.54) is 19.4 Å². The standard InChI is InChI=1S/C22H21F2N5O5/c1-32-21(31)12-2-6-15(7-3-12)33-18-9-5-14(11-25-18)26-19(30)20-28-29-22(34-20)27-13-4-8-16(23)17(24)10-13/h4-5,8-12,15H,2-3,6-7H2,1H3,(H,26,30)(H,27,29)/t12-,15+. The number of pyridine rings is 1. The van der Waals surface area contributed by atoms with Crippen molar-refractivity contribution >= 4 is 29.3 Å². The molecule has 0 atom stereocenters. The number of aromatic nitrogens is 3. The van der Waals surface area contributed by atoms with Crippen LogP contribution in [0.5, 0.6) is 5.88 Å². The lowest BCUT2D eigenvalue weighted by atomic mass is 9.87. The number of hydrogen-bond acceptors (Lipinski definition) is 9. The van der Waals surface area contributed by atoms with E-state index in [9.17, 15) is 18.4 Å². The molecule has 0 spiro atoms. The quantitative estimate of drug-likeness (QED) is 0.492. The maximum Gasteiger partial charge on any atom is 0.320 e. The summed E-state index contributed by atoms with van der Waals surface area (Å²) in [7, 11) is 1.39. The second-order valence-corrected chi connectivity index (χ2v) is 7.62. The van der Waals surface area contributed by atoms with Crippen LogP contribution in [0.15, 0.2) is 40.9 Å². The van der Waals surface area contributed by atoms with Crippen molar-refractivity contribution in [2.45, 2.75) is 31.8 Å². The van der Waals surface area contributed by atoms with Crippen molar-refractivity contribution in [3.05, 3.63) is 54.1 Å². The number of carbonyl (C=O) groups excluding carboxylic acids is 2. The number of nitrogens with zero attached hydrogens (tertiary/aromatic N) is 3. The third kappa shape index (κ3) is 5.63. The van der Waals surface area contributed by atoms with Crippen molar-refractivity contribution < 1.29 is 32.3 Å². The molecule has 4 rings (SSSR count). The minimum atomic E-state index is -1.05. The molecule has 2 aromatic heterocycles. The van der Waals surface area contributed by atoms with Gasteiger partial charge in [0.15, 0.2) is 11.6 Å². The predicted octanol–water partition coefficient (Wildman–Crippen LogP) is 3.85. The summed E-state index contributed by atoms with van der Waals surface area (Å²) in [5, 5.41) is 12.4. The van der Waals surface area contributed by atoms with Gasteiger partial charge in [-0.1, -0.05) is 5.10 Å². The van der Waals surface area contributed by atoms with Crippen LogP contribution in [0.1, 0.15) is 36.4 Å². The van der Waals surface area contributed by atoms with E-state index >= 15 is 0 Å². The highest BCUT2D eigenvalue weighted by Crippen LogP contribution is 2.28. The Kier molecular flexibility index (Phi) is 6.95. The van der Waals surface area contributed by atoms with Gasteiger partial charge in [0.1, 0.15) is 6.10 Å². The van der Waals surface area contributed by atoms with E-state index < -0.39 is 17.5 Å². The zero-order chi connectivity index (χ0) is 24.1. The van der Waals surface area contributed by atoms with Crippen molar-refractivity contribution in [3.8, 4) is 5.88 Å². The lowest BCUT2D eigenvalue weighted by molar-refractivity contribution is -0.147. The Balaban J connectivity index is 1.28. The van der Waals surface area contributed by atoms with E-state index in [1.54, 1.807) is 12.1 Å². The van der Waals surface area contributed by atoms with Gasteiger partial charge in [-0.2, -0.15) is 0 Å². The molecule has 0 aliphatic heterocycles. The van der Waals surface area contributed by atoms with Crippen LogP contribution < -0.4 is 15.4 Å². The Bertz CT molecular complexity index is 1160. The Morgan fingerprint density at radius 3 is 2.47 bits per heavy atom. The SMILES string of the molecule is COC(=O)[C@H]1CC[C@@H](Oc2ccc(NC(=O)c3nnc(Nc4ccc(F)c(F)c4)o3)cn2)CC1. The molecule has 0 saturated heterocycles. The van der Waals surface area contributed by atoms with Gasteiger partial charge in [0.05, 0.1) is 24.9 Å². The minimum absolute atomic E-state index is 0.0484. The fraction of sp³-hybridized carbons (Fsp3) is 0.318. The fourth-order valence-electron chi connectivity index (χ4n) is 3.53. The maximum atomic E-state index is 13.3. The molecule has 178 valence electrons. The third-order valence-electron chi connectivity index (χ3n) is 5.28. The lowest BCUT2D eigenvalue weighted by Gasteiger charge is -2.27. The number of hydrogen-bond donors (Lipinski definition) is 2. The topological polar surface area (TPSA) is 128 Å². The monoisotopic (exact) mass is 473 g/mol. The Morgan fingerprint density at radius 1 is 1.03 bits per heavy atom. The van der Waals surface area contributed by atoms with Gasteiger partial charge < -0.3 is 24.5 Å².